The summed E-state index contributed by atoms with van der Waals surface area (Å²) in [4.78, 5) is 13.7. The molecule has 4 aromatic carbocycles. The molecule has 2 aliphatic rings. The second-order valence-corrected chi connectivity index (χ2v) is 9.59. The zero-order valence-corrected chi connectivity index (χ0v) is 21.4. The van der Waals surface area contributed by atoms with Gasteiger partial charge in [-0.05, 0) is 77.6 Å². The van der Waals surface area contributed by atoms with Crippen LogP contribution in [0.25, 0.3) is 11.1 Å². The molecule has 0 saturated carbocycles. The van der Waals surface area contributed by atoms with Crippen LogP contribution in [-0.2, 0) is 6.42 Å². The molecule has 0 radical (unpaired) electrons. The number of aryl methyl sites for hydroxylation is 1. The number of rotatable bonds is 5. The van der Waals surface area contributed by atoms with E-state index in [2.05, 4.69) is 53.8 Å². The van der Waals surface area contributed by atoms with Gasteiger partial charge in [0.05, 0.1) is 26.0 Å². The summed E-state index contributed by atoms with van der Waals surface area (Å²) >= 11 is 0. The number of hydrogen-bond donors (Lipinski definition) is 1. The highest BCUT2D eigenvalue weighted by Crippen LogP contribution is 2.44. The summed E-state index contributed by atoms with van der Waals surface area (Å²) in [7, 11) is 3.30. The van der Waals surface area contributed by atoms with E-state index in [0.29, 0.717) is 5.69 Å². The predicted molar refractivity (Wildman–Crippen MR) is 150 cm³/mol. The molecule has 1 aliphatic heterocycles. The van der Waals surface area contributed by atoms with Crippen LogP contribution in [0.15, 0.2) is 102 Å². The number of fused-ring (bicyclic) bond motifs is 3. The van der Waals surface area contributed by atoms with Crippen molar-refractivity contribution in [1.82, 2.24) is 5.01 Å². The predicted octanol–water partition coefficient (Wildman–Crippen LogP) is 6.93. The number of amides is 2. The molecule has 1 N–H and O–H groups in total. The maximum Gasteiger partial charge on any atom is 0.342 e. The quantitative estimate of drug-likeness (QED) is 0.321. The van der Waals surface area contributed by atoms with Crippen LogP contribution in [0.5, 0.6) is 11.5 Å². The van der Waals surface area contributed by atoms with Gasteiger partial charge in [0.25, 0.3) is 0 Å². The molecule has 2 atom stereocenters. The SMILES string of the molecule is COc1ccc(NC(=O)N2N=C3c4ccc(OC)cc4CCC3C2c2ccc(-c3ccccc3)cc2)cc1. The van der Waals surface area contributed by atoms with Crippen LogP contribution in [0, 0.1) is 5.92 Å². The lowest BCUT2D eigenvalue weighted by molar-refractivity contribution is 0.188. The van der Waals surface area contributed by atoms with Crippen molar-refractivity contribution in [2.24, 2.45) is 11.0 Å². The maximum absolute atomic E-state index is 13.7. The van der Waals surface area contributed by atoms with Crippen LogP contribution in [0.1, 0.15) is 29.2 Å². The molecule has 1 heterocycles. The zero-order chi connectivity index (χ0) is 26.1. The third-order valence-electron chi connectivity index (χ3n) is 7.43. The first-order chi connectivity index (χ1) is 18.6. The van der Waals surface area contributed by atoms with Crippen LogP contribution < -0.4 is 14.8 Å². The van der Waals surface area contributed by atoms with Crippen molar-refractivity contribution >= 4 is 17.4 Å². The molecule has 6 heteroatoms. The Labute approximate surface area is 222 Å². The minimum Gasteiger partial charge on any atom is -0.497 e. The van der Waals surface area contributed by atoms with Crippen molar-refractivity contribution in [3.8, 4) is 22.6 Å². The third kappa shape index (κ3) is 4.39. The molecule has 38 heavy (non-hydrogen) atoms. The van der Waals surface area contributed by atoms with E-state index in [1.165, 1.54) is 5.56 Å². The number of anilines is 1. The number of nitrogens with one attached hydrogen (secondary N) is 1. The van der Waals surface area contributed by atoms with Crippen LogP contribution >= 0.6 is 0 Å². The van der Waals surface area contributed by atoms with Gasteiger partial charge in [0.2, 0.25) is 0 Å². The molecule has 0 aromatic heterocycles. The van der Waals surface area contributed by atoms with Gasteiger partial charge in [-0.25, -0.2) is 9.80 Å². The summed E-state index contributed by atoms with van der Waals surface area (Å²) in [6.07, 6.45) is 1.80. The average molecular weight is 504 g/mol. The summed E-state index contributed by atoms with van der Waals surface area (Å²) in [5.74, 6) is 1.67. The largest absolute Gasteiger partial charge is 0.497 e. The number of ether oxygens (including phenoxy) is 2. The van der Waals surface area contributed by atoms with Gasteiger partial charge in [0, 0.05) is 17.2 Å². The van der Waals surface area contributed by atoms with E-state index in [0.717, 1.165) is 52.3 Å². The van der Waals surface area contributed by atoms with E-state index in [4.69, 9.17) is 14.6 Å². The number of nitrogens with zero attached hydrogens (tertiary/aromatic N) is 2. The summed E-state index contributed by atoms with van der Waals surface area (Å²) in [6, 6.07) is 31.8. The lowest BCUT2D eigenvalue weighted by Gasteiger charge is -2.30. The lowest BCUT2D eigenvalue weighted by atomic mass is 9.77. The van der Waals surface area contributed by atoms with Gasteiger partial charge in [-0.2, -0.15) is 5.10 Å². The number of benzene rings is 4. The summed E-state index contributed by atoms with van der Waals surface area (Å²) < 4.78 is 10.7. The van der Waals surface area contributed by atoms with Crippen molar-refractivity contribution in [3.63, 3.8) is 0 Å². The van der Waals surface area contributed by atoms with Crippen molar-refractivity contribution in [2.75, 3.05) is 19.5 Å². The van der Waals surface area contributed by atoms with Gasteiger partial charge in [-0.1, -0.05) is 54.6 Å². The number of carbonyl (C=O) groups is 1. The number of carbonyl (C=O) groups excluding carboxylic acids is 1. The fourth-order valence-electron chi connectivity index (χ4n) is 5.49. The van der Waals surface area contributed by atoms with Gasteiger partial charge in [-0.15, -0.1) is 0 Å². The van der Waals surface area contributed by atoms with E-state index < -0.39 is 0 Å². The Morgan fingerprint density at radius 1 is 0.842 bits per heavy atom. The minimum atomic E-state index is -0.260. The maximum atomic E-state index is 13.7. The van der Waals surface area contributed by atoms with Crippen molar-refractivity contribution in [3.05, 3.63) is 114 Å². The van der Waals surface area contributed by atoms with E-state index >= 15 is 0 Å². The smallest absolute Gasteiger partial charge is 0.342 e. The summed E-state index contributed by atoms with van der Waals surface area (Å²) in [5.41, 5.74) is 7.31. The van der Waals surface area contributed by atoms with Gasteiger partial charge >= 0.3 is 6.03 Å². The highest BCUT2D eigenvalue weighted by atomic mass is 16.5. The Hall–Kier alpha value is -4.58. The molecule has 190 valence electrons. The Morgan fingerprint density at radius 2 is 1.53 bits per heavy atom. The van der Waals surface area contributed by atoms with Crippen molar-refractivity contribution < 1.29 is 14.3 Å². The van der Waals surface area contributed by atoms with E-state index in [-0.39, 0.29) is 18.0 Å². The van der Waals surface area contributed by atoms with Crippen LogP contribution in [-0.4, -0.2) is 31.0 Å². The number of hydrazone groups is 1. The molecule has 6 rings (SSSR count). The van der Waals surface area contributed by atoms with E-state index in [9.17, 15) is 4.79 Å². The third-order valence-corrected chi connectivity index (χ3v) is 7.43. The molecular formula is C32H29N3O3. The Morgan fingerprint density at radius 3 is 2.24 bits per heavy atom. The normalized spacial score (nSPS) is 17.7. The van der Waals surface area contributed by atoms with Crippen molar-refractivity contribution in [2.45, 2.75) is 18.9 Å². The molecule has 0 saturated heterocycles. The highest BCUT2D eigenvalue weighted by molar-refractivity contribution is 6.07. The second-order valence-electron chi connectivity index (χ2n) is 9.59. The van der Waals surface area contributed by atoms with Gasteiger partial charge in [0.15, 0.2) is 0 Å². The summed E-state index contributed by atoms with van der Waals surface area (Å²) in [5, 5.41) is 9.60. The molecule has 0 bridgehead atoms. The second kappa shape index (κ2) is 10.1. The van der Waals surface area contributed by atoms with E-state index in [1.807, 2.05) is 48.5 Å². The molecule has 0 spiro atoms. The van der Waals surface area contributed by atoms with Crippen molar-refractivity contribution in [1.29, 1.82) is 0 Å². The standard InChI is InChI=1S/C32H29N3O3/c1-37-26-15-13-25(14-16-26)33-32(36)35-31(23-10-8-22(9-11-23)21-6-4-3-5-7-21)29-18-12-24-20-27(38-2)17-19-28(24)30(29)34-35/h3-11,13-17,19-20,29,31H,12,18H2,1-2H3,(H,33,36). The van der Waals surface area contributed by atoms with Gasteiger partial charge < -0.3 is 14.8 Å². The Balaban J connectivity index is 1.36. The number of methoxy groups -OCH3 is 2. The monoisotopic (exact) mass is 503 g/mol. The first-order valence-electron chi connectivity index (χ1n) is 12.8. The molecule has 1 aliphatic carbocycles. The molecule has 2 unspecified atom stereocenters. The summed E-state index contributed by atoms with van der Waals surface area (Å²) in [6.45, 7) is 0. The first kappa shape index (κ1) is 23.8. The van der Waals surface area contributed by atoms with Crippen LogP contribution in [0.2, 0.25) is 0 Å². The van der Waals surface area contributed by atoms with Crippen LogP contribution in [0.4, 0.5) is 10.5 Å². The van der Waals surface area contributed by atoms with Crippen LogP contribution in [0.3, 0.4) is 0 Å². The fourth-order valence-corrected chi connectivity index (χ4v) is 5.49. The highest BCUT2D eigenvalue weighted by Gasteiger charge is 2.44. The Bertz CT molecular complexity index is 1480. The topological polar surface area (TPSA) is 63.2 Å². The minimum absolute atomic E-state index is 0.0973. The van der Waals surface area contributed by atoms with Gasteiger partial charge in [-0.3, -0.25) is 0 Å². The van der Waals surface area contributed by atoms with Gasteiger partial charge in [0.1, 0.15) is 11.5 Å². The molecule has 4 aromatic rings. The number of hydrogen-bond acceptors (Lipinski definition) is 4. The molecule has 2 amide bonds. The Kier molecular flexibility index (Phi) is 6.30. The first-order valence-corrected chi connectivity index (χ1v) is 12.8. The zero-order valence-electron chi connectivity index (χ0n) is 21.4. The average Bonchev–Trinajstić information content (AvgIpc) is 3.38. The molecular weight excluding hydrogens is 474 g/mol. The molecule has 6 nitrogen and oxygen atoms in total. The fraction of sp³-hybridized carbons (Fsp3) is 0.188. The van der Waals surface area contributed by atoms with E-state index in [1.54, 1.807) is 19.2 Å². The lowest BCUT2D eigenvalue weighted by Crippen LogP contribution is -2.34. The number of urea groups is 1. The molecule has 0 fully saturated rings.